The molecule has 0 aromatic heterocycles. The average Bonchev–Trinajstić information content (AvgIpc) is 2.03. The molecule has 0 N–H and O–H groups in total. The van der Waals surface area contributed by atoms with Crippen LogP contribution < -0.4 is 0 Å². The molecule has 0 atom stereocenters. The first-order valence-electron chi connectivity index (χ1n) is 4.43. The third-order valence-corrected chi connectivity index (χ3v) is 2.05. The van der Waals surface area contributed by atoms with Crippen molar-refractivity contribution in [3.8, 4) is 11.8 Å². The highest BCUT2D eigenvalue weighted by atomic mass is 79.9. The first kappa shape index (κ1) is 11.0. The highest BCUT2D eigenvalue weighted by Gasteiger charge is 1.85. The van der Waals surface area contributed by atoms with Crippen LogP contribution in [0.2, 0.25) is 0 Å². The second-order valence-electron chi connectivity index (χ2n) is 2.56. The molecule has 0 nitrogen and oxygen atoms in total. The molecule has 0 fully saturated rings. The van der Waals surface area contributed by atoms with E-state index in [9.17, 15) is 0 Å². The van der Waals surface area contributed by atoms with Gasteiger partial charge in [-0.15, -0.1) is 11.8 Å². The molecular weight excluding hydrogens is 200 g/mol. The van der Waals surface area contributed by atoms with Gasteiger partial charge in [0.05, 0.1) is 0 Å². The molecule has 64 valence electrons. The summed E-state index contributed by atoms with van der Waals surface area (Å²) in [6.07, 6.45) is 7.36. The molecule has 0 rings (SSSR count). The van der Waals surface area contributed by atoms with Crippen LogP contribution in [0, 0.1) is 11.8 Å². The van der Waals surface area contributed by atoms with Crippen molar-refractivity contribution >= 4 is 15.9 Å². The van der Waals surface area contributed by atoms with Crippen molar-refractivity contribution in [1.29, 1.82) is 0 Å². The van der Waals surface area contributed by atoms with Gasteiger partial charge in [-0.3, -0.25) is 0 Å². The van der Waals surface area contributed by atoms with E-state index >= 15 is 0 Å². The van der Waals surface area contributed by atoms with Gasteiger partial charge in [0, 0.05) is 18.2 Å². The lowest BCUT2D eigenvalue weighted by atomic mass is 10.1. The summed E-state index contributed by atoms with van der Waals surface area (Å²) < 4.78 is 0. The summed E-state index contributed by atoms with van der Waals surface area (Å²) in [5.74, 6) is 6.23. The third kappa shape index (κ3) is 10.0. The summed E-state index contributed by atoms with van der Waals surface area (Å²) in [6.45, 7) is 2.10. The molecule has 0 unspecified atom stereocenters. The van der Waals surface area contributed by atoms with Crippen molar-refractivity contribution in [2.45, 2.75) is 45.4 Å². The summed E-state index contributed by atoms with van der Waals surface area (Å²) in [6, 6.07) is 0. The van der Waals surface area contributed by atoms with Gasteiger partial charge in [-0.2, -0.15) is 0 Å². The Morgan fingerprint density at radius 2 is 1.73 bits per heavy atom. The van der Waals surface area contributed by atoms with E-state index < -0.39 is 0 Å². The van der Waals surface area contributed by atoms with Gasteiger partial charge in [0.25, 0.3) is 0 Å². The van der Waals surface area contributed by atoms with E-state index in [1.807, 2.05) is 0 Å². The Morgan fingerprint density at radius 1 is 1.00 bits per heavy atom. The van der Waals surface area contributed by atoms with E-state index in [-0.39, 0.29) is 0 Å². The van der Waals surface area contributed by atoms with Crippen LogP contribution in [0.15, 0.2) is 0 Å². The van der Waals surface area contributed by atoms with Crippen LogP contribution in [0.5, 0.6) is 0 Å². The fourth-order valence-corrected chi connectivity index (χ4v) is 1.27. The molecular formula is C10H17Br. The van der Waals surface area contributed by atoms with Crippen LogP contribution in [0.4, 0.5) is 0 Å². The predicted octanol–water partition coefficient (Wildman–Crippen LogP) is 3.75. The number of alkyl halides is 1. The largest absolute Gasteiger partial charge is 0.104 e. The van der Waals surface area contributed by atoms with E-state index in [0.717, 1.165) is 18.2 Å². The SMILES string of the molecule is CCC#CCCCCCCBr. The minimum absolute atomic E-state index is 1.00. The molecule has 0 spiro atoms. The van der Waals surface area contributed by atoms with Crippen LogP contribution in [0.3, 0.4) is 0 Å². The Balaban J connectivity index is 2.90. The van der Waals surface area contributed by atoms with Crippen molar-refractivity contribution in [1.82, 2.24) is 0 Å². The summed E-state index contributed by atoms with van der Waals surface area (Å²) in [7, 11) is 0. The number of unbranched alkanes of at least 4 members (excludes halogenated alkanes) is 4. The molecule has 0 aliphatic carbocycles. The van der Waals surface area contributed by atoms with E-state index in [0.29, 0.717) is 0 Å². The molecule has 0 saturated heterocycles. The van der Waals surface area contributed by atoms with Crippen LogP contribution in [0.1, 0.15) is 45.4 Å². The van der Waals surface area contributed by atoms with Gasteiger partial charge >= 0.3 is 0 Å². The fraction of sp³-hybridized carbons (Fsp3) is 0.800. The van der Waals surface area contributed by atoms with Crippen molar-refractivity contribution in [3.05, 3.63) is 0 Å². The topological polar surface area (TPSA) is 0 Å². The molecule has 0 aromatic rings. The second-order valence-corrected chi connectivity index (χ2v) is 3.35. The lowest BCUT2D eigenvalue weighted by Gasteiger charge is -1.93. The monoisotopic (exact) mass is 216 g/mol. The van der Waals surface area contributed by atoms with Crippen molar-refractivity contribution < 1.29 is 0 Å². The quantitative estimate of drug-likeness (QED) is 0.374. The van der Waals surface area contributed by atoms with Gasteiger partial charge in [0.15, 0.2) is 0 Å². The van der Waals surface area contributed by atoms with Crippen LogP contribution in [-0.4, -0.2) is 5.33 Å². The molecule has 0 aliphatic heterocycles. The van der Waals surface area contributed by atoms with Crippen molar-refractivity contribution in [2.24, 2.45) is 0 Å². The fourth-order valence-electron chi connectivity index (χ4n) is 0.875. The van der Waals surface area contributed by atoms with Crippen molar-refractivity contribution in [3.63, 3.8) is 0 Å². The zero-order valence-corrected chi connectivity index (χ0v) is 8.91. The van der Waals surface area contributed by atoms with Crippen LogP contribution >= 0.6 is 15.9 Å². The maximum atomic E-state index is 3.42. The molecule has 11 heavy (non-hydrogen) atoms. The first-order valence-corrected chi connectivity index (χ1v) is 5.55. The molecule has 1 heteroatoms. The van der Waals surface area contributed by atoms with E-state index in [4.69, 9.17) is 0 Å². The van der Waals surface area contributed by atoms with Gasteiger partial charge in [0.2, 0.25) is 0 Å². The number of hydrogen-bond acceptors (Lipinski definition) is 0. The lowest BCUT2D eigenvalue weighted by Crippen LogP contribution is -1.77. The highest BCUT2D eigenvalue weighted by molar-refractivity contribution is 9.09. The first-order chi connectivity index (χ1) is 5.41. The van der Waals surface area contributed by atoms with Gasteiger partial charge in [-0.1, -0.05) is 35.7 Å². The summed E-state index contributed by atoms with van der Waals surface area (Å²) in [5.41, 5.74) is 0. The lowest BCUT2D eigenvalue weighted by molar-refractivity contribution is 0.685. The number of hydrogen-bond donors (Lipinski definition) is 0. The second kappa shape index (κ2) is 10.0. The van der Waals surface area contributed by atoms with E-state index in [1.54, 1.807) is 0 Å². The summed E-state index contributed by atoms with van der Waals surface area (Å²) in [5, 5.41) is 1.15. The Bertz CT molecular complexity index is 119. The maximum absolute atomic E-state index is 3.42. The zero-order valence-electron chi connectivity index (χ0n) is 7.33. The summed E-state index contributed by atoms with van der Waals surface area (Å²) >= 11 is 3.42. The third-order valence-electron chi connectivity index (χ3n) is 1.49. The average molecular weight is 217 g/mol. The number of rotatable bonds is 5. The van der Waals surface area contributed by atoms with Gasteiger partial charge in [-0.25, -0.2) is 0 Å². The Kier molecular flexibility index (Phi) is 10.1. The van der Waals surface area contributed by atoms with Crippen LogP contribution in [-0.2, 0) is 0 Å². The van der Waals surface area contributed by atoms with Crippen molar-refractivity contribution in [2.75, 3.05) is 5.33 Å². The Hall–Kier alpha value is 0.0400. The standard InChI is InChI=1S/C10H17Br/c1-2-3-4-5-6-7-8-9-10-11/h2,5-10H2,1H3. The minimum Gasteiger partial charge on any atom is -0.104 e. The molecule has 0 heterocycles. The molecule has 0 saturated carbocycles. The van der Waals surface area contributed by atoms with Gasteiger partial charge < -0.3 is 0 Å². The molecule has 0 aliphatic rings. The Morgan fingerprint density at radius 3 is 2.36 bits per heavy atom. The number of halogens is 1. The zero-order chi connectivity index (χ0) is 8.36. The normalized spacial score (nSPS) is 8.91. The van der Waals surface area contributed by atoms with Crippen LogP contribution in [0.25, 0.3) is 0 Å². The molecule has 0 bridgehead atoms. The molecule has 0 amide bonds. The highest BCUT2D eigenvalue weighted by Crippen LogP contribution is 2.03. The summed E-state index contributed by atoms with van der Waals surface area (Å²) in [4.78, 5) is 0. The smallest absolute Gasteiger partial charge is 0.00886 e. The minimum atomic E-state index is 1.00. The molecule has 0 aromatic carbocycles. The predicted molar refractivity (Wildman–Crippen MR) is 54.9 cm³/mol. The maximum Gasteiger partial charge on any atom is 0.00886 e. The van der Waals surface area contributed by atoms with Gasteiger partial charge in [-0.05, 0) is 12.8 Å². The molecule has 0 radical (unpaired) electrons. The van der Waals surface area contributed by atoms with E-state index in [2.05, 4.69) is 34.7 Å². The van der Waals surface area contributed by atoms with Gasteiger partial charge in [0.1, 0.15) is 0 Å². The van der Waals surface area contributed by atoms with E-state index in [1.165, 1.54) is 25.7 Å². The Labute approximate surface area is 78.9 Å².